The van der Waals surface area contributed by atoms with Crippen molar-refractivity contribution in [3.63, 3.8) is 0 Å². The Morgan fingerprint density at radius 1 is 1.04 bits per heavy atom. The van der Waals surface area contributed by atoms with Gasteiger partial charge in [0, 0.05) is 16.9 Å². The molecule has 23 heavy (non-hydrogen) atoms. The van der Waals surface area contributed by atoms with Crippen molar-refractivity contribution in [2.24, 2.45) is 0 Å². The Bertz CT molecular complexity index is 708. The molecule has 0 saturated carbocycles. The molecule has 0 spiro atoms. The van der Waals surface area contributed by atoms with Crippen molar-refractivity contribution >= 4 is 23.1 Å². The molecule has 4 heteroatoms. The molecule has 2 aromatic rings. The van der Waals surface area contributed by atoms with Crippen molar-refractivity contribution in [1.82, 2.24) is 0 Å². The zero-order chi connectivity index (χ0) is 16.8. The predicted octanol–water partition coefficient (Wildman–Crippen LogP) is 4.06. The first-order valence-corrected chi connectivity index (χ1v) is 7.71. The Labute approximate surface area is 136 Å². The molecule has 0 bridgehead atoms. The van der Waals surface area contributed by atoms with Crippen LogP contribution in [0.25, 0.3) is 0 Å². The number of para-hydroxylation sites is 1. The van der Waals surface area contributed by atoms with Gasteiger partial charge in [-0.15, -0.1) is 0 Å². The highest BCUT2D eigenvalue weighted by Gasteiger charge is 2.08. The summed E-state index contributed by atoms with van der Waals surface area (Å²) in [7, 11) is 0. The predicted molar refractivity (Wildman–Crippen MR) is 94.1 cm³/mol. The highest BCUT2D eigenvalue weighted by molar-refractivity contribution is 5.98. The summed E-state index contributed by atoms with van der Waals surface area (Å²) in [5.74, 6) is 0.211. The molecule has 0 aliphatic heterocycles. The maximum Gasteiger partial charge on any atom is 0.243 e. The molecule has 120 valence electrons. The van der Waals surface area contributed by atoms with Crippen LogP contribution in [-0.4, -0.2) is 18.2 Å². The molecule has 0 fully saturated rings. The molecular formula is C19H22N2O2. The second-order valence-corrected chi connectivity index (χ2v) is 5.78. The van der Waals surface area contributed by atoms with E-state index in [0.29, 0.717) is 17.2 Å². The van der Waals surface area contributed by atoms with E-state index in [1.54, 1.807) is 24.3 Å². The third-order valence-corrected chi connectivity index (χ3v) is 3.58. The fraction of sp³-hybridized carbons (Fsp3) is 0.263. The van der Waals surface area contributed by atoms with Crippen LogP contribution in [-0.2, 0) is 4.79 Å². The van der Waals surface area contributed by atoms with Crippen molar-refractivity contribution in [3.05, 3.63) is 59.7 Å². The van der Waals surface area contributed by atoms with Gasteiger partial charge in [0.25, 0.3) is 0 Å². The molecule has 1 amide bonds. The lowest BCUT2D eigenvalue weighted by atomic mass is 10.0. The van der Waals surface area contributed by atoms with Crippen LogP contribution in [0.2, 0.25) is 0 Å². The van der Waals surface area contributed by atoms with Gasteiger partial charge in [0.1, 0.15) is 0 Å². The summed E-state index contributed by atoms with van der Waals surface area (Å²) < 4.78 is 0. The number of carbonyl (C=O) groups excluding carboxylic acids is 2. The molecule has 0 aromatic heterocycles. The SMILES string of the molecule is CC(=O)c1cccc(NC(=O)CNc2ccccc2C(C)C)c1. The van der Waals surface area contributed by atoms with Crippen molar-refractivity contribution in [3.8, 4) is 0 Å². The number of hydrogen-bond donors (Lipinski definition) is 2. The van der Waals surface area contributed by atoms with E-state index < -0.39 is 0 Å². The van der Waals surface area contributed by atoms with Gasteiger partial charge >= 0.3 is 0 Å². The van der Waals surface area contributed by atoms with Crippen LogP contribution in [0.15, 0.2) is 48.5 Å². The Kier molecular flexibility index (Phi) is 5.52. The van der Waals surface area contributed by atoms with Gasteiger partial charge < -0.3 is 10.6 Å². The minimum Gasteiger partial charge on any atom is -0.376 e. The quantitative estimate of drug-likeness (QED) is 0.791. The molecule has 0 atom stereocenters. The molecule has 0 radical (unpaired) electrons. The smallest absolute Gasteiger partial charge is 0.243 e. The van der Waals surface area contributed by atoms with Gasteiger partial charge in [0.2, 0.25) is 5.91 Å². The van der Waals surface area contributed by atoms with Gasteiger partial charge in [-0.1, -0.05) is 44.2 Å². The molecule has 0 saturated heterocycles. The molecule has 0 heterocycles. The topological polar surface area (TPSA) is 58.2 Å². The van der Waals surface area contributed by atoms with Gasteiger partial charge in [0.05, 0.1) is 6.54 Å². The molecule has 4 nitrogen and oxygen atoms in total. The first-order valence-electron chi connectivity index (χ1n) is 7.71. The van der Waals surface area contributed by atoms with Crippen molar-refractivity contribution < 1.29 is 9.59 Å². The van der Waals surface area contributed by atoms with Gasteiger partial charge in [0.15, 0.2) is 5.78 Å². The summed E-state index contributed by atoms with van der Waals surface area (Å²) in [5, 5.41) is 5.98. The van der Waals surface area contributed by atoms with Crippen molar-refractivity contribution in [2.45, 2.75) is 26.7 Å². The average Bonchev–Trinajstić information content (AvgIpc) is 2.53. The Balaban J connectivity index is 1.98. The molecule has 2 N–H and O–H groups in total. The Morgan fingerprint density at radius 2 is 1.78 bits per heavy atom. The van der Waals surface area contributed by atoms with Crippen LogP contribution >= 0.6 is 0 Å². The van der Waals surface area contributed by atoms with Crippen LogP contribution in [0.1, 0.15) is 42.6 Å². The molecule has 0 aliphatic rings. The largest absolute Gasteiger partial charge is 0.376 e. The zero-order valence-electron chi connectivity index (χ0n) is 13.7. The third-order valence-electron chi connectivity index (χ3n) is 3.58. The highest BCUT2D eigenvalue weighted by atomic mass is 16.2. The van der Waals surface area contributed by atoms with Gasteiger partial charge in [-0.3, -0.25) is 9.59 Å². The van der Waals surface area contributed by atoms with E-state index in [2.05, 4.69) is 30.5 Å². The van der Waals surface area contributed by atoms with Crippen LogP contribution in [0.4, 0.5) is 11.4 Å². The standard InChI is InChI=1S/C19H22N2O2/c1-13(2)17-9-4-5-10-18(17)20-12-19(23)21-16-8-6-7-15(11-16)14(3)22/h4-11,13,20H,12H2,1-3H3,(H,21,23). The lowest BCUT2D eigenvalue weighted by Crippen LogP contribution is -2.22. The average molecular weight is 310 g/mol. The van der Waals surface area contributed by atoms with Gasteiger partial charge in [-0.2, -0.15) is 0 Å². The number of amides is 1. The summed E-state index contributed by atoms with van der Waals surface area (Å²) in [6, 6.07) is 14.9. The third kappa shape index (κ3) is 4.68. The lowest BCUT2D eigenvalue weighted by Gasteiger charge is -2.14. The number of nitrogens with one attached hydrogen (secondary N) is 2. The van der Waals surface area contributed by atoms with E-state index in [4.69, 9.17) is 0 Å². The van der Waals surface area contributed by atoms with Crippen LogP contribution in [0, 0.1) is 0 Å². The second kappa shape index (κ2) is 7.58. The molecular weight excluding hydrogens is 288 g/mol. The maximum absolute atomic E-state index is 12.1. The van der Waals surface area contributed by atoms with Gasteiger partial charge in [-0.05, 0) is 36.6 Å². The first kappa shape index (κ1) is 16.7. The summed E-state index contributed by atoms with van der Waals surface area (Å²) >= 11 is 0. The normalized spacial score (nSPS) is 10.4. The fourth-order valence-corrected chi connectivity index (χ4v) is 2.36. The van der Waals surface area contributed by atoms with E-state index >= 15 is 0 Å². The summed E-state index contributed by atoms with van der Waals surface area (Å²) in [5.41, 5.74) is 3.36. The summed E-state index contributed by atoms with van der Waals surface area (Å²) in [6.45, 7) is 5.92. The highest BCUT2D eigenvalue weighted by Crippen LogP contribution is 2.23. The molecule has 2 aromatic carbocycles. The number of Topliss-reactive ketones (excluding diaryl/α,β-unsaturated/α-hetero) is 1. The number of carbonyl (C=O) groups is 2. The number of ketones is 1. The van der Waals surface area contributed by atoms with E-state index in [0.717, 1.165) is 5.69 Å². The number of hydrogen-bond acceptors (Lipinski definition) is 3. The van der Waals surface area contributed by atoms with Crippen molar-refractivity contribution in [2.75, 3.05) is 17.2 Å². The van der Waals surface area contributed by atoms with E-state index in [-0.39, 0.29) is 18.2 Å². The van der Waals surface area contributed by atoms with E-state index in [9.17, 15) is 9.59 Å². The van der Waals surface area contributed by atoms with Gasteiger partial charge in [-0.25, -0.2) is 0 Å². The van der Waals surface area contributed by atoms with Crippen LogP contribution in [0.5, 0.6) is 0 Å². The molecule has 0 unspecified atom stereocenters. The minimum atomic E-state index is -0.149. The molecule has 0 aliphatic carbocycles. The minimum absolute atomic E-state index is 0.0231. The Morgan fingerprint density at radius 3 is 2.48 bits per heavy atom. The summed E-state index contributed by atoms with van der Waals surface area (Å²) in [6.07, 6.45) is 0. The number of anilines is 2. The fourth-order valence-electron chi connectivity index (χ4n) is 2.36. The lowest BCUT2D eigenvalue weighted by molar-refractivity contribution is -0.114. The number of rotatable bonds is 6. The maximum atomic E-state index is 12.1. The zero-order valence-corrected chi connectivity index (χ0v) is 13.7. The van der Waals surface area contributed by atoms with E-state index in [1.807, 2.05) is 18.2 Å². The Hall–Kier alpha value is -2.62. The van der Waals surface area contributed by atoms with Crippen LogP contribution < -0.4 is 10.6 Å². The molecule has 2 rings (SSSR count). The van der Waals surface area contributed by atoms with Crippen LogP contribution in [0.3, 0.4) is 0 Å². The monoisotopic (exact) mass is 310 g/mol. The second-order valence-electron chi connectivity index (χ2n) is 5.78. The van der Waals surface area contributed by atoms with E-state index in [1.165, 1.54) is 12.5 Å². The number of benzene rings is 2. The van der Waals surface area contributed by atoms with Crippen molar-refractivity contribution in [1.29, 1.82) is 0 Å². The first-order chi connectivity index (χ1) is 11.0. The summed E-state index contributed by atoms with van der Waals surface area (Å²) in [4.78, 5) is 23.5.